The van der Waals surface area contributed by atoms with Crippen LogP contribution in [0.2, 0.25) is 0 Å². The lowest BCUT2D eigenvalue weighted by atomic mass is 9.98. The van der Waals surface area contributed by atoms with Gasteiger partial charge in [0.15, 0.2) is 0 Å². The van der Waals surface area contributed by atoms with Gasteiger partial charge in [-0.2, -0.15) is 0 Å². The molecular weight excluding hydrogens is 281 g/mol. The van der Waals surface area contributed by atoms with Crippen molar-refractivity contribution >= 4 is 10.0 Å². The first-order valence-electron chi connectivity index (χ1n) is 6.89. The van der Waals surface area contributed by atoms with E-state index in [9.17, 15) is 12.8 Å². The van der Waals surface area contributed by atoms with Crippen LogP contribution < -0.4 is 4.72 Å². The van der Waals surface area contributed by atoms with Crippen LogP contribution in [-0.2, 0) is 14.8 Å². The molecule has 0 amide bonds. The summed E-state index contributed by atoms with van der Waals surface area (Å²) in [7, 11) is -3.25. The average molecular weight is 299 g/mol. The lowest BCUT2D eigenvalue weighted by molar-refractivity contribution is 0.0410. The molecule has 0 unspecified atom stereocenters. The lowest BCUT2D eigenvalue weighted by Crippen LogP contribution is -2.49. The van der Waals surface area contributed by atoms with E-state index in [1.807, 2.05) is 0 Å². The van der Waals surface area contributed by atoms with Crippen molar-refractivity contribution in [2.45, 2.75) is 36.5 Å². The Bertz CT molecular complexity index is 569. The van der Waals surface area contributed by atoms with Crippen molar-refractivity contribution < 1.29 is 17.5 Å². The van der Waals surface area contributed by atoms with Crippen molar-refractivity contribution in [3.8, 4) is 0 Å². The molecule has 1 aliphatic carbocycles. The maximum Gasteiger partial charge on any atom is 0.219 e. The van der Waals surface area contributed by atoms with Gasteiger partial charge in [-0.1, -0.05) is 12.1 Å². The predicted octanol–water partition coefficient (Wildman–Crippen LogP) is 1.78. The standard InChI is InChI=1S/C14H18FNO3S/c15-12-4-1-10(2-5-12)11-3-6-13(7-11)16-20(17,18)14-8-19-9-14/h1-2,4-5,11,13-14,16H,3,6-9H2/t11-,13+/m0/s1. The zero-order valence-corrected chi connectivity index (χ0v) is 11.9. The molecule has 1 N–H and O–H groups in total. The van der Waals surface area contributed by atoms with Gasteiger partial charge in [0, 0.05) is 6.04 Å². The Hall–Kier alpha value is -0.980. The zero-order valence-electron chi connectivity index (χ0n) is 11.1. The van der Waals surface area contributed by atoms with Gasteiger partial charge in [-0.25, -0.2) is 17.5 Å². The molecule has 4 nitrogen and oxygen atoms in total. The molecule has 2 fully saturated rings. The van der Waals surface area contributed by atoms with E-state index in [1.165, 1.54) is 12.1 Å². The molecule has 0 aromatic heterocycles. The van der Waals surface area contributed by atoms with Gasteiger partial charge in [-0.05, 0) is 42.9 Å². The monoisotopic (exact) mass is 299 g/mol. The number of benzene rings is 1. The molecule has 1 heterocycles. The molecule has 0 spiro atoms. The topological polar surface area (TPSA) is 55.4 Å². The summed E-state index contributed by atoms with van der Waals surface area (Å²) < 4.78 is 44.7. The number of hydrogen-bond donors (Lipinski definition) is 1. The van der Waals surface area contributed by atoms with E-state index in [2.05, 4.69) is 4.72 Å². The largest absolute Gasteiger partial charge is 0.378 e. The van der Waals surface area contributed by atoms with Crippen molar-refractivity contribution in [2.75, 3.05) is 13.2 Å². The number of ether oxygens (including phenoxy) is 1. The first kappa shape index (κ1) is 14.0. The third-order valence-corrected chi connectivity index (χ3v) is 5.96. The highest BCUT2D eigenvalue weighted by Gasteiger charge is 2.36. The minimum atomic E-state index is -3.25. The molecule has 110 valence electrons. The van der Waals surface area contributed by atoms with E-state index >= 15 is 0 Å². The van der Waals surface area contributed by atoms with Crippen molar-refractivity contribution in [1.29, 1.82) is 0 Å². The highest BCUT2D eigenvalue weighted by atomic mass is 32.2. The first-order chi connectivity index (χ1) is 9.54. The summed E-state index contributed by atoms with van der Waals surface area (Å²) in [5.74, 6) is 0.0647. The van der Waals surface area contributed by atoms with Gasteiger partial charge in [0.1, 0.15) is 11.1 Å². The number of rotatable bonds is 4. The Balaban J connectivity index is 1.60. The SMILES string of the molecule is O=S(=O)(N[C@@H]1CC[C@H](c2ccc(F)cc2)C1)C1COC1. The molecule has 0 bridgehead atoms. The third-order valence-electron chi connectivity index (χ3n) is 4.15. The van der Waals surface area contributed by atoms with Crippen LogP contribution in [-0.4, -0.2) is 32.9 Å². The van der Waals surface area contributed by atoms with Crippen LogP contribution in [0.5, 0.6) is 0 Å². The maximum atomic E-state index is 12.9. The van der Waals surface area contributed by atoms with Crippen molar-refractivity contribution in [3.05, 3.63) is 35.6 Å². The Morgan fingerprint density at radius 2 is 1.85 bits per heavy atom. The van der Waals surface area contributed by atoms with Gasteiger partial charge in [0.25, 0.3) is 0 Å². The number of hydrogen-bond acceptors (Lipinski definition) is 3. The zero-order chi connectivity index (χ0) is 14.2. The number of halogens is 1. The fourth-order valence-corrected chi connectivity index (χ4v) is 4.27. The minimum Gasteiger partial charge on any atom is -0.378 e. The molecule has 1 aliphatic heterocycles. The molecule has 1 saturated carbocycles. The van der Waals surface area contributed by atoms with Crippen LogP contribution in [0.1, 0.15) is 30.7 Å². The second kappa shape index (κ2) is 5.42. The molecule has 1 aromatic rings. The van der Waals surface area contributed by atoms with Crippen molar-refractivity contribution in [3.63, 3.8) is 0 Å². The van der Waals surface area contributed by atoms with E-state index in [0.717, 1.165) is 24.8 Å². The Morgan fingerprint density at radius 1 is 1.15 bits per heavy atom. The molecule has 20 heavy (non-hydrogen) atoms. The van der Waals surface area contributed by atoms with Gasteiger partial charge >= 0.3 is 0 Å². The molecule has 6 heteroatoms. The number of sulfonamides is 1. The third kappa shape index (κ3) is 2.87. The van der Waals surface area contributed by atoms with Crippen LogP contribution in [0.15, 0.2) is 24.3 Å². The van der Waals surface area contributed by atoms with E-state index in [-0.39, 0.29) is 11.9 Å². The minimum absolute atomic E-state index is 0.0179. The molecule has 0 radical (unpaired) electrons. The van der Waals surface area contributed by atoms with Crippen molar-refractivity contribution in [2.24, 2.45) is 0 Å². The summed E-state index contributed by atoms with van der Waals surface area (Å²) in [6, 6.07) is 6.47. The molecule has 1 aromatic carbocycles. The summed E-state index contributed by atoms with van der Waals surface area (Å²) >= 11 is 0. The normalized spacial score (nSPS) is 27.4. The van der Waals surface area contributed by atoms with Crippen LogP contribution in [0.3, 0.4) is 0 Å². The lowest BCUT2D eigenvalue weighted by Gasteiger charge is -2.27. The highest BCUT2D eigenvalue weighted by molar-refractivity contribution is 7.90. The highest BCUT2D eigenvalue weighted by Crippen LogP contribution is 2.35. The molecule has 2 aliphatic rings. The summed E-state index contributed by atoms with van der Waals surface area (Å²) in [6.45, 7) is 0.590. The Morgan fingerprint density at radius 3 is 2.45 bits per heavy atom. The Labute approximate surface area is 118 Å². The van der Waals surface area contributed by atoms with Crippen LogP contribution >= 0.6 is 0 Å². The molecular formula is C14H18FNO3S. The van der Waals surface area contributed by atoms with E-state index in [4.69, 9.17) is 4.74 Å². The first-order valence-corrected chi connectivity index (χ1v) is 8.43. The summed E-state index contributed by atoms with van der Waals surface area (Å²) in [5.41, 5.74) is 1.08. The second-order valence-corrected chi connectivity index (χ2v) is 7.57. The smallest absolute Gasteiger partial charge is 0.219 e. The predicted molar refractivity (Wildman–Crippen MR) is 73.4 cm³/mol. The second-order valence-electron chi connectivity index (χ2n) is 5.58. The van der Waals surface area contributed by atoms with Crippen LogP contribution in [0.25, 0.3) is 0 Å². The fraction of sp³-hybridized carbons (Fsp3) is 0.571. The number of nitrogens with one attached hydrogen (secondary N) is 1. The van der Waals surface area contributed by atoms with Gasteiger partial charge < -0.3 is 4.74 Å². The summed E-state index contributed by atoms with van der Waals surface area (Å²) in [4.78, 5) is 0. The average Bonchev–Trinajstić information content (AvgIpc) is 2.74. The van der Waals surface area contributed by atoms with Gasteiger partial charge in [0.05, 0.1) is 13.2 Å². The van der Waals surface area contributed by atoms with E-state index < -0.39 is 15.3 Å². The van der Waals surface area contributed by atoms with Gasteiger partial charge in [-0.3, -0.25) is 0 Å². The van der Waals surface area contributed by atoms with Crippen molar-refractivity contribution in [1.82, 2.24) is 4.72 Å². The fourth-order valence-electron chi connectivity index (χ4n) is 2.85. The van der Waals surface area contributed by atoms with Gasteiger partial charge in [-0.15, -0.1) is 0 Å². The van der Waals surface area contributed by atoms with Gasteiger partial charge in [0.2, 0.25) is 10.0 Å². The van der Waals surface area contributed by atoms with E-state index in [0.29, 0.717) is 19.1 Å². The van der Waals surface area contributed by atoms with Crippen LogP contribution in [0.4, 0.5) is 4.39 Å². The maximum absolute atomic E-state index is 12.9. The molecule has 1 saturated heterocycles. The Kier molecular flexibility index (Phi) is 3.79. The molecule has 2 atom stereocenters. The summed E-state index contributed by atoms with van der Waals surface area (Å²) in [6.07, 6.45) is 2.53. The molecule has 3 rings (SSSR count). The quantitative estimate of drug-likeness (QED) is 0.922. The summed E-state index contributed by atoms with van der Waals surface area (Å²) in [5, 5.41) is -0.396. The van der Waals surface area contributed by atoms with Crippen LogP contribution in [0, 0.1) is 5.82 Å². The van der Waals surface area contributed by atoms with E-state index in [1.54, 1.807) is 12.1 Å².